The van der Waals surface area contributed by atoms with Gasteiger partial charge in [-0.2, -0.15) is 4.89 Å². The molecule has 4 heteroatoms. The predicted octanol–water partition coefficient (Wildman–Crippen LogP) is 1.03. The van der Waals surface area contributed by atoms with E-state index in [-0.39, 0.29) is 5.57 Å². The van der Waals surface area contributed by atoms with Crippen molar-refractivity contribution in [3.05, 3.63) is 12.2 Å². The first-order valence-electron chi connectivity index (χ1n) is 3.14. The van der Waals surface area contributed by atoms with Gasteiger partial charge in [0.1, 0.15) is 0 Å². The van der Waals surface area contributed by atoms with Crippen LogP contribution in [-0.2, 0) is 19.3 Å². The topological polar surface area (TPSA) is 44.8 Å². The van der Waals surface area contributed by atoms with Gasteiger partial charge in [0.25, 0.3) is 0 Å². The average molecular weight is 160 g/mol. The maximum atomic E-state index is 10.7. The van der Waals surface area contributed by atoms with Gasteiger partial charge in [-0.15, -0.1) is 0 Å². The Morgan fingerprint density at radius 1 is 1.55 bits per heavy atom. The van der Waals surface area contributed by atoms with Crippen LogP contribution < -0.4 is 0 Å². The van der Waals surface area contributed by atoms with Gasteiger partial charge in [0.05, 0.1) is 0 Å². The molecule has 0 amide bonds. The highest BCUT2D eigenvalue weighted by Crippen LogP contribution is 1.96. The lowest BCUT2D eigenvalue weighted by Crippen LogP contribution is -2.14. The molecule has 0 heterocycles. The lowest BCUT2D eigenvalue weighted by molar-refractivity contribution is -0.339. The Morgan fingerprint density at radius 2 is 2.09 bits per heavy atom. The van der Waals surface area contributed by atoms with E-state index in [4.69, 9.17) is 0 Å². The summed E-state index contributed by atoms with van der Waals surface area (Å²) in [4.78, 5) is 19.4. The number of methoxy groups -OCH3 is 1. The Labute approximate surface area is 65.7 Å². The van der Waals surface area contributed by atoms with E-state index in [1.54, 1.807) is 6.92 Å². The van der Waals surface area contributed by atoms with Gasteiger partial charge >= 0.3 is 5.97 Å². The zero-order chi connectivity index (χ0) is 8.85. The van der Waals surface area contributed by atoms with Gasteiger partial charge in [-0.3, -0.25) is 4.89 Å². The Hall–Kier alpha value is -0.870. The van der Waals surface area contributed by atoms with E-state index in [9.17, 15) is 4.79 Å². The van der Waals surface area contributed by atoms with E-state index in [2.05, 4.69) is 21.1 Å². The molecule has 0 rings (SSSR count). The third-order valence-electron chi connectivity index (χ3n) is 0.940. The minimum atomic E-state index is -0.589. The summed E-state index contributed by atoms with van der Waals surface area (Å²) in [6.45, 7) is 6.50. The molecule has 1 unspecified atom stereocenters. The SMILES string of the molecule is C=C(C)C(=O)OOC(C)OC. The van der Waals surface area contributed by atoms with E-state index in [1.165, 1.54) is 14.0 Å². The zero-order valence-corrected chi connectivity index (χ0v) is 6.92. The molecule has 0 radical (unpaired) electrons. The highest BCUT2D eigenvalue weighted by Gasteiger charge is 2.07. The Kier molecular flexibility index (Phi) is 4.49. The average Bonchev–Trinajstić information content (AvgIpc) is 1.99. The van der Waals surface area contributed by atoms with Gasteiger partial charge in [0, 0.05) is 12.7 Å². The number of rotatable bonds is 4. The molecule has 0 aliphatic carbocycles. The Morgan fingerprint density at radius 3 is 2.45 bits per heavy atom. The van der Waals surface area contributed by atoms with Crippen molar-refractivity contribution in [3.63, 3.8) is 0 Å². The molecule has 0 aromatic heterocycles. The van der Waals surface area contributed by atoms with E-state index in [0.717, 1.165) is 0 Å². The Bertz CT molecular complexity index is 153. The Balaban J connectivity index is 3.54. The standard InChI is InChI=1S/C7H12O4/c1-5(2)7(8)11-10-6(3)9-4/h6H,1H2,2-4H3. The van der Waals surface area contributed by atoms with Crippen LogP contribution in [0.3, 0.4) is 0 Å². The quantitative estimate of drug-likeness (QED) is 0.266. The van der Waals surface area contributed by atoms with Crippen LogP contribution in [0, 0.1) is 0 Å². The molecule has 0 saturated heterocycles. The van der Waals surface area contributed by atoms with Crippen LogP contribution in [0.4, 0.5) is 0 Å². The smallest absolute Gasteiger partial charge is 0.352 e. The number of ether oxygens (including phenoxy) is 1. The summed E-state index contributed by atoms with van der Waals surface area (Å²) >= 11 is 0. The largest absolute Gasteiger partial charge is 0.368 e. The van der Waals surface area contributed by atoms with E-state index >= 15 is 0 Å². The van der Waals surface area contributed by atoms with Crippen molar-refractivity contribution in [2.24, 2.45) is 0 Å². The maximum absolute atomic E-state index is 10.7. The highest BCUT2D eigenvalue weighted by molar-refractivity contribution is 5.86. The molecule has 64 valence electrons. The molecule has 11 heavy (non-hydrogen) atoms. The van der Waals surface area contributed by atoms with Crippen LogP contribution in [0.25, 0.3) is 0 Å². The first-order chi connectivity index (χ1) is 5.07. The fraction of sp³-hybridized carbons (Fsp3) is 0.571. The van der Waals surface area contributed by atoms with Gasteiger partial charge in [-0.1, -0.05) is 6.58 Å². The summed E-state index contributed by atoms with van der Waals surface area (Å²) in [5.41, 5.74) is 0.285. The second-order valence-corrected chi connectivity index (χ2v) is 2.05. The van der Waals surface area contributed by atoms with E-state index < -0.39 is 12.3 Å². The van der Waals surface area contributed by atoms with Crippen molar-refractivity contribution in [2.45, 2.75) is 20.1 Å². The number of carbonyl (C=O) groups is 1. The fourth-order valence-electron chi connectivity index (χ4n) is 0.222. The number of carbonyl (C=O) groups excluding carboxylic acids is 1. The molecule has 0 bridgehead atoms. The van der Waals surface area contributed by atoms with Crippen LogP contribution in [0.5, 0.6) is 0 Å². The van der Waals surface area contributed by atoms with Crippen molar-refractivity contribution in [2.75, 3.05) is 7.11 Å². The molecule has 0 spiro atoms. The summed E-state index contributed by atoms with van der Waals surface area (Å²) in [5.74, 6) is -0.589. The van der Waals surface area contributed by atoms with Gasteiger partial charge < -0.3 is 4.74 Å². The number of hydrogen-bond acceptors (Lipinski definition) is 4. The fourth-order valence-corrected chi connectivity index (χ4v) is 0.222. The van der Waals surface area contributed by atoms with Crippen molar-refractivity contribution in [3.8, 4) is 0 Å². The van der Waals surface area contributed by atoms with Gasteiger partial charge in [0.15, 0.2) is 6.29 Å². The monoisotopic (exact) mass is 160 g/mol. The molecule has 0 saturated carbocycles. The van der Waals surface area contributed by atoms with Crippen molar-refractivity contribution >= 4 is 5.97 Å². The minimum absolute atomic E-state index is 0.285. The highest BCUT2D eigenvalue weighted by atomic mass is 17.2. The molecular formula is C7H12O4. The van der Waals surface area contributed by atoms with E-state index in [0.29, 0.717) is 0 Å². The summed E-state index contributed by atoms with van der Waals surface area (Å²) in [7, 11) is 1.44. The summed E-state index contributed by atoms with van der Waals surface area (Å²) in [6, 6.07) is 0. The van der Waals surface area contributed by atoms with Gasteiger partial charge in [0.2, 0.25) is 0 Å². The normalized spacial score (nSPS) is 12.3. The zero-order valence-electron chi connectivity index (χ0n) is 6.92. The maximum Gasteiger partial charge on any atom is 0.368 e. The lowest BCUT2D eigenvalue weighted by Gasteiger charge is -2.08. The first kappa shape index (κ1) is 10.1. The third-order valence-corrected chi connectivity index (χ3v) is 0.940. The molecule has 4 nitrogen and oxygen atoms in total. The number of hydrogen-bond donors (Lipinski definition) is 0. The molecular weight excluding hydrogens is 148 g/mol. The lowest BCUT2D eigenvalue weighted by atomic mass is 10.4. The molecule has 0 N–H and O–H groups in total. The van der Waals surface area contributed by atoms with Crippen LogP contribution in [0.15, 0.2) is 12.2 Å². The third kappa shape index (κ3) is 4.52. The van der Waals surface area contributed by atoms with Crippen molar-refractivity contribution in [1.82, 2.24) is 0 Å². The summed E-state index contributed by atoms with van der Waals surface area (Å²) in [6.07, 6.45) is -0.557. The molecule has 0 aromatic carbocycles. The van der Waals surface area contributed by atoms with Crippen molar-refractivity contribution in [1.29, 1.82) is 0 Å². The second kappa shape index (κ2) is 4.87. The van der Waals surface area contributed by atoms with E-state index in [1.807, 2.05) is 0 Å². The first-order valence-corrected chi connectivity index (χ1v) is 3.14. The molecule has 0 fully saturated rings. The van der Waals surface area contributed by atoms with Crippen LogP contribution in [0.1, 0.15) is 13.8 Å². The predicted molar refractivity (Wildman–Crippen MR) is 38.5 cm³/mol. The molecule has 0 aliphatic heterocycles. The van der Waals surface area contributed by atoms with Crippen LogP contribution >= 0.6 is 0 Å². The molecule has 0 aliphatic rings. The second-order valence-electron chi connectivity index (χ2n) is 2.05. The van der Waals surface area contributed by atoms with Crippen molar-refractivity contribution < 1.29 is 19.3 Å². The molecule has 1 atom stereocenters. The summed E-state index contributed by atoms with van der Waals surface area (Å²) in [5, 5.41) is 0. The van der Waals surface area contributed by atoms with Crippen LogP contribution in [0.2, 0.25) is 0 Å². The minimum Gasteiger partial charge on any atom is -0.352 e. The summed E-state index contributed by atoms with van der Waals surface area (Å²) < 4.78 is 4.65. The van der Waals surface area contributed by atoms with Crippen LogP contribution in [-0.4, -0.2) is 19.4 Å². The van der Waals surface area contributed by atoms with Gasteiger partial charge in [-0.25, -0.2) is 4.79 Å². The van der Waals surface area contributed by atoms with Gasteiger partial charge in [-0.05, 0) is 13.8 Å². The molecule has 0 aromatic rings.